The molecule has 3 rings (SSSR count). The van der Waals surface area contributed by atoms with Crippen molar-refractivity contribution in [3.8, 4) is 11.5 Å². The maximum absolute atomic E-state index is 12.1. The standard InChI is InChI=1S/C17H23BN2O8/c1-17(19,7-21)16(25)20-5-8(6-20)28-12-3-2-9(10-4-11(10)18(26)27)14(22)13(12)15(23)24/h2-3,8,10-11,21-22,26-27H,4-7,19H2,1H3,(H,23,24)/t10-,11-,17-/m1/s1. The highest BCUT2D eigenvalue weighted by atomic mass is 16.5. The zero-order valence-corrected chi connectivity index (χ0v) is 15.3. The van der Waals surface area contributed by atoms with Crippen molar-refractivity contribution in [2.45, 2.75) is 36.7 Å². The topological polar surface area (TPSA) is 174 Å². The van der Waals surface area contributed by atoms with Gasteiger partial charge in [0.1, 0.15) is 28.7 Å². The number of carboxylic acid groups (broad SMARTS) is 1. The molecule has 11 heteroatoms. The number of ether oxygens (including phenoxy) is 1. The average molecular weight is 394 g/mol. The Bertz CT molecular complexity index is 794. The third kappa shape index (κ3) is 3.66. The Kier molecular flexibility index (Phi) is 5.28. The van der Waals surface area contributed by atoms with Crippen molar-refractivity contribution in [2.24, 2.45) is 5.73 Å². The molecule has 10 nitrogen and oxygen atoms in total. The fourth-order valence-corrected chi connectivity index (χ4v) is 3.38. The van der Waals surface area contributed by atoms with Gasteiger partial charge in [-0.05, 0) is 30.9 Å². The first-order chi connectivity index (χ1) is 13.1. The number of aliphatic hydroxyl groups is 1. The number of nitrogens with two attached hydrogens (primary N) is 1. The number of amides is 1. The maximum atomic E-state index is 12.1. The normalized spacial score (nSPS) is 23.5. The molecule has 1 aromatic rings. The van der Waals surface area contributed by atoms with Crippen LogP contribution in [0.25, 0.3) is 0 Å². The lowest BCUT2D eigenvalue weighted by Crippen LogP contribution is -2.64. The largest absolute Gasteiger partial charge is 0.507 e. The maximum Gasteiger partial charge on any atom is 0.455 e. The van der Waals surface area contributed by atoms with Gasteiger partial charge in [0, 0.05) is 5.82 Å². The molecule has 2 fully saturated rings. The number of carboxylic acids is 1. The molecule has 1 heterocycles. The fourth-order valence-electron chi connectivity index (χ4n) is 3.38. The molecule has 0 spiro atoms. The molecule has 3 atom stereocenters. The molecule has 2 aliphatic rings. The predicted octanol–water partition coefficient (Wildman–Crippen LogP) is -1.28. The first kappa shape index (κ1) is 20.4. The van der Waals surface area contributed by atoms with E-state index in [1.54, 1.807) is 0 Å². The molecule has 28 heavy (non-hydrogen) atoms. The van der Waals surface area contributed by atoms with E-state index in [1.165, 1.54) is 24.0 Å². The van der Waals surface area contributed by atoms with Crippen LogP contribution in [0, 0.1) is 0 Å². The molecular weight excluding hydrogens is 371 g/mol. The Balaban J connectivity index is 1.71. The number of likely N-dealkylation sites (tertiary alicyclic amines) is 1. The molecule has 0 unspecified atom stereocenters. The second-order valence-electron chi connectivity index (χ2n) is 7.63. The number of aromatic hydroxyl groups is 1. The van der Waals surface area contributed by atoms with Crippen molar-refractivity contribution >= 4 is 19.0 Å². The Hall–Kier alpha value is -2.34. The van der Waals surface area contributed by atoms with Crippen LogP contribution < -0.4 is 10.5 Å². The number of carbonyl (C=O) groups is 2. The van der Waals surface area contributed by atoms with E-state index in [0.29, 0.717) is 12.0 Å². The minimum Gasteiger partial charge on any atom is -0.507 e. The second kappa shape index (κ2) is 7.24. The monoisotopic (exact) mass is 394 g/mol. The first-order valence-electron chi connectivity index (χ1n) is 8.88. The molecule has 0 aromatic heterocycles. The summed E-state index contributed by atoms with van der Waals surface area (Å²) in [5, 5.41) is 47.5. The number of rotatable bonds is 7. The van der Waals surface area contributed by atoms with Crippen LogP contribution in [0.15, 0.2) is 12.1 Å². The molecule has 1 saturated heterocycles. The summed E-state index contributed by atoms with van der Waals surface area (Å²) in [5.74, 6) is -3.08. The minimum absolute atomic E-state index is 0.0368. The van der Waals surface area contributed by atoms with Crippen LogP contribution in [0.3, 0.4) is 0 Å². The van der Waals surface area contributed by atoms with E-state index in [0.717, 1.165) is 0 Å². The molecule has 1 aromatic carbocycles. The summed E-state index contributed by atoms with van der Waals surface area (Å²) in [6.45, 7) is 1.26. The van der Waals surface area contributed by atoms with Crippen molar-refractivity contribution in [3.63, 3.8) is 0 Å². The molecule has 0 radical (unpaired) electrons. The van der Waals surface area contributed by atoms with E-state index in [4.69, 9.17) is 15.6 Å². The number of benzene rings is 1. The summed E-state index contributed by atoms with van der Waals surface area (Å²) in [6.07, 6.45) is -0.0397. The van der Waals surface area contributed by atoms with E-state index in [2.05, 4.69) is 0 Å². The Labute approximate surface area is 161 Å². The molecule has 0 bridgehead atoms. The molecule has 1 aliphatic heterocycles. The molecule has 152 valence electrons. The smallest absolute Gasteiger partial charge is 0.455 e. The van der Waals surface area contributed by atoms with Gasteiger partial charge in [-0.15, -0.1) is 0 Å². The highest BCUT2D eigenvalue weighted by Crippen LogP contribution is 2.56. The highest BCUT2D eigenvalue weighted by molar-refractivity contribution is 6.44. The van der Waals surface area contributed by atoms with E-state index in [1.807, 2.05) is 0 Å². The second-order valence-corrected chi connectivity index (χ2v) is 7.63. The third-order valence-corrected chi connectivity index (χ3v) is 5.25. The summed E-state index contributed by atoms with van der Waals surface area (Å²) >= 11 is 0. The van der Waals surface area contributed by atoms with Crippen LogP contribution in [-0.4, -0.2) is 80.6 Å². The van der Waals surface area contributed by atoms with Gasteiger partial charge in [0.25, 0.3) is 0 Å². The van der Waals surface area contributed by atoms with E-state index < -0.39 is 54.4 Å². The van der Waals surface area contributed by atoms with Gasteiger partial charge in [-0.3, -0.25) is 4.79 Å². The molecule has 1 amide bonds. The lowest BCUT2D eigenvalue weighted by Gasteiger charge is -2.42. The zero-order chi connectivity index (χ0) is 20.8. The molecular formula is C17H23BN2O8. The number of carbonyl (C=O) groups excluding carboxylic acids is 1. The fraction of sp³-hybridized carbons (Fsp3) is 0.529. The van der Waals surface area contributed by atoms with Crippen LogP contribution in [0.1, 0.15) is 35.2 Å². The van der Waals surface area contributed by atoms with Crippen LogP contribution in [-0.2, 0) is 4.79 Å². The van der Waals surface area contributed by atoms with Gasteiger partial charge in [-0.2, -0.15) is 0 Å². The van der Waals surface area contributed by atoms with Crippen LogP contribution in [0.4, 0.5) is 0 Å². The van der Waals surface area contributed by atoms with Crippen LogP contribution in [0.2, 0.25) is 5.82 Å². The van der Waals surface area contributed by atoms with Gasteiger partial charge in [0.05, 0.1) is 19.7 Å². The number of aromatic carboxylic acids is 1. The quantitative estimate of drug-likeness (QED) is 0.308. The zero-order valence-electron chi connectivity index (χ0n) is 15.3. The van der Waals surface area contributed by atoms with Gasteiger partial charge in [-0.25, -0.2) is 4.79 Å². The minimum atomic E-state index is -1.53. The Morgan fingerprint density at radius 2 is 2.00 bits per heavy atom. The van der Waals surface area contributed by atoms with Gasteiger partial charge >= 0.3 is 13.1 Å². The molecule has 1 aliphatic carbocycles. The van der Waals surface area contributed by atoms with Crippen molar-refractivity contribution in [3.05, 3.63) is 23.3 Å². The van der Waals surface area contributed by atoms with E-state index in [9.17, 15) is 29.9 Å². The van der Waals surface area contributed by atoms with Crippen molar-refractivity contribution < 1.29 is 39.7 Å². The van der Waals surface area contributed by atoms with E-state index in [-0.39, 0.29) is 24.8 Å². The summed E-state index contributed by atoms with van der Waals surface area (Å²) in [5.41, 5.74) is 4.24. The highest BCUT2D eigenvalue weighted by Gasteiger charge is 2.48. The number of hydrogen-bond acceptors (Lipinski definition) is 8. The van der Waals surface area contributed by atoms with Gasteiger partial charge in [0.2, 0.25) is 5.91 Å². The lowest BCUT2D eigenvalue weighted by molar-refractivity contribution is -0.146. The van der Waals surface area contributed by atoms with Crippen molar-refractivity contribution in [1.29, 1.82) is 0 Å². The van der Waals surface area contributed by atoms with Gasteiger partial charge in [0.15, 0.2) is 0 Å². The van der Waals surface area contributed by atoms with Crippen LogP contribution in [0.5, 0.6) is 11.5 Å². The van der Waals surface area contributed by atoms with Crippen molar-refractivity contribution in [2.75, 3.05) is 19.7 Å². The Morgan fingerprint density at radius 3 is 2.50 bits per heavy atom. The predicted molar refractivity (Wildman–Crippen MR) is 97.0 cm³/mol. The molecule has 7 N–H and O–H groups in total. The van der Waals surface area contributed by atoms with Gasteiger partial charge in [-0.1, -0.05) is 6.07 Å². The number of phenols is 1. The SMILES string of the molecule is C[C@@](N)(CO)C(=O)N1CC(Oc2ccc([C@H]3C[C@H]3B(O)O)c(O)c2C(=O)O)C1. The number of nitrogens with zero attached hydrogens (tertiary/aromatic N) is 1. The van der Waals surface area contributed by atoms with E-state index >= 15 is 0 Å². The Morgan fingerprint density at radius 1 is 1.36 bits per heavy atom. The number of aliphatic hydroxyl groups excluding tert-OH is 1. The van der Waals surface area contributed by atoms with Crippen molar-refractivity contribution in [1.82, 2.24) is 4.90 Å². The lowest BCUT2D eigenvalue weighted by atomic mass is 9.81. The first-order valence-corrected chi connectivity index (χ1v) is 8.88. The third-order valence-electron chi connectivity index (χ3n) is 5.25. The average Bonchev–Trinajstić information content (AvgIpc) is 3.37. The number of hydrogen-bond donors (Lipinski definition) is 6. The van der Waals surface area contributed by atoms with Gasteiger partial charge < -0.3 is 40.7 Å². The summed E-state index contributed by atoms with van der Waals surface area (Å²) in [7, 11) is -1.53. The summed E-state index contributed by atoms with van der Waals surface area (Å²) < 4.78 is 5.64. The summed E-state index contributed by atoms with van der Waals surface area (Å²) in [4.78, 5) is 25.2. The molecule has 1 saturated carbocycles. The van der Waals surface area contributed by atoms with Crippen LogP contribution >= 0.6 is 0 Å². The summed E-state index contributed by atoms with van der Waals surface area (Å²) in [6, 6.07) is 2.93.